The molecule has 0 bridgehead atoms. The van der Waals surface area contributed by atoms with Crippen LogP contribution in [0.25, 0.3) is 5.57 Å². The van der Waals surface area contributed by atoms with Crippen LogP contribution in [0, 0.1) is 23.3 Å². The number of ketones is 1. The minimum atomic E-state index is -7.60. The Morgan fingerprint density at radius 1 is 0.541 bits per heavy atom. The lowest BCUT2D eigenvalue weighted by Crippen LogP contribution is -2.56. The quantitative estimate of drug-likeness (QED) is 0.203. The number of allylic oxidation sites excluding steroid dienone is 6. The van der Waals surface area contributed by atoms with Gasteiger partial charge in [-0.25, -0.2) is 26.3 Å². The van der Waals surface area contributed by atoms with Gasteiger partial charge < -0.3 is 0 Å². The number of carbonyl (C=O) groups is 1. The Balaban J connectivity index is 2.95. The maximum absolute atomic E-state index is 15.0. The van der Waals surface area contributed by atoms with E-state index in [1.54, 1.807) is 0 Å². The molecule has 0 saturated heterocycles. The molecule has 0 aliphatic heterocycles. The second kappa shape index (κ2) is 7.68. The van der Waals surface area contributed by atoms with Crippen molar-refractivity contribution in [2.24, 2.45) is 0 Å². The summed E-state index contributed by atoms with van der Waals surface area (Å²) < 4.78 is 253. The lowest BCUT2D eigenvalue weighted by molar-refractivity contribution is -0.302. The molecule has 2 aliphatic carbocycles. The summed E-state index contributed by atoms with van der Waals surface area (Å²) in [5.41, 5.74) is -21.7. The summed E-state index contributed by atoms with van der Waals surface area (Å²) in [5, 5.41) is 0. The average molecular weight is 574 g/mol. The molecular formula is C18F18O. The first kappa shape index (κ1) is 28.4. The van der Waals surface area contributed by atoms with Crippen LogP contribution in [0.5, 0.6) is 0 Å². The third-order valence-electron chi connectivity index (χ3n) is 5.35. The molecule has 1 unspecified atom stereocenters. The van der Waals surface area contributed by atoms with Gasteiger partial charge in [-0.05, 0) is 0 Å². The van der Waals surface area contributed by atoms with Gasteiger partial charge >= 0.3 is 24.2 Å². The highest BCUT2D eigenvalue weighted by atomic mass is 19.4. The number of hydrogen-bond donors (Lipinski definition) is 0. The van der Waals surface area contributed by atoms with Gasteiger partial charge in [0.25, 0.3) is 5.78 Å². The molecule has 204 valence electrons. The summed E-state index contributed by atoms with van der Waals surface area (Å²) in [7, 11) is 0. The first-order valence-electron chi connectivity index (χ1n) is 8.61. The topological polar surface area (TPSA) is 17.1 Å². The van der Waals surface area contributed by atoms with Crippen LogP contribution >= 0.6 is 0 Å². The number of alkyl halides is 10. The molecule has 2 aliphatic rings. The minimum absolute atomic E-state index is 3.47. The van der Waals surface area contributed by atoms with Gasteiger partial charge in [-0.15, -0.1) is 0 Å². The molecule has 0 heterocycles. The Hall–Kier alpha value is -3.15. The van der Waals surface area contributed by atoms with Gasteiger partial charge in [0.2, 0.25) is 11.7 Å². The van der Waals surface area contributed by atoms with Gasteiger partial charge in [-0.3, -0.25) is 4.79 Å². The molecule has 0 N–H and O–H groups in total. The number of benzene rings is 1. The van der Waals surface area contributed by atoms with Crippen molar-refractivity contribution in [1.29, 1.82) is 0 Å². The van der Waals surface area contributed by atoms with Crippen LogP contribution in [0.2, 0.25) is 0 Å². The summed E-state index contributed by atoms with van der Waals surface area (Å²) in [6.45, 7) is 0. The van der Waals surface area contributed by atoms with Crippen LogP contribution in [0.4, 0.5) is 79.0 Å². The number of rotatable bonds is 2. The fraction of sp³-hybridized carbons (Fsp3) is 0.278. The van der Waals surface area contributed by atoms with Crippen LogP contribution in [0.1, 0.15) is 11.1 Å². The SMILES string of the molecule is O=C1C(F)=C(F)C2=C(C(F)(F)C(F)(F)F)c3c(F)c(F)c(F)c(F)c3C2(C(F)(F)C(F)(F)F)C(F)=C1F. The van der Waals surface area contributed by atoms with Crippen molar-refractivity contribution in [3.8, 4) is 0 Å². The number of halogens is 18. The Morgan fingerprint density at radius 3 is 1.43 bits per heavy atom. The largest absolute Gasteiger partial charge is 0.458 e. The molecule has 0 saturated carbocycles. The van der Waals surface area contributed by atoms with Crippen LogP contribution in [0.3, 0.4) is 0 Å². The van der Waals surface area contributed by atoms with Crippen LogP contribution in [-0.2, 0) is 10.2 Å². The highest BCUT2D eigenvalue weighted by Crippen LogP contribution is 2.69. The number of hydrogen-bond acceptors (Lipinski definition) is 1. The molecule has 1 aromatic rings. The molecule has 1 aromatic carbocycles. The molecule has 0 amide bonds. The normalized spacial score (nSPS) is 21.6. The van der Waals surface area contributed by atoms with E-state index in [9.17, 15) is 79.4 Å². The molecule has 0 fully saturated rings. The van der Waals surface area contributed by atoms with E-state index in [1.807, 2.05) is 0 Å². The second-order valence-electron chi connectivity index (χ2n) is 7.24. The molecule has 0 radical (unpaired) electrons. The van der Waals surface area contributed by atoms with Crippen molar-refractivity contribution >= 4 is 11.4 Å². The smallest absolute Gasteiger partial charge is 0.283 e. The molecule has 1 atom stereocenters. The van der Waals surface area contributed by atoms with E-state index in [0.29, 0.717) is 0 Å². The van der Waals surface area contributed by atoms with Crippen molar-refractivity contribution in [2.75, 3.05) is 0 Å². The number of Topliss-reactive ketones (excluding diaryl/α,β-unsaturated/α-hetero) is 1. The van der Waals surface area contributed by atoms with Gasteiger partial charge in [0.1, 0.15) is 0 Å². The van der Waals surface area contributed by atoms with Crippen molar-refractivity contribution in [3.05, 3.63) is 63.3 Å². The van der Waals surface area contributed by atoms with Gasteiger partial charge in [0.15, 0.2) is 40.3 Å². The Labute approximate surface area is 189 Å². The lowest BCUT2D eigenvalue weighted by Gasteiger charge is -2.39. The van der Waals surface area contributed by atoms with Crippen molar-refractivity contribution < 1.29 is 83.8 Å². The summed E-state index contributed by atoms with van der Waals surface area (Å²) in [6, 6.07) is 0. The number of carbonyl (C=O) groups excluding carboxylic acids is 1. The third-order valence-corrected chi connectivity index (χ3v) is 5.35. The molecule has 37 heavy (non-hydrogen) atoms. The van der Waals surface area contributed by atoms with Crippen LogP contribution in [-0.4, -0.2) is 30.0 Å². The van der Waals surface area contributed by atoms with E-state index >= 15 is 4.39 Å². The molecule has 0 aromatic heterocycles. The Bertz CT molecular complexity index is 1340. The molecular weight excluding hydrogens is 574 g/mol. The molecule has 19 heteroatoms. The van der Waals surface area contributed by atoms with Gasteiger partial charge in [0.05, 0.1) is 0 Å². The highest BCUT2D eigenvalue weighted by Gasteiger charge is 2.81. The fourth-order valence-corrected chi connectivity index (χ4v) is 3.84. The Kier molecular flexibility index (Phi) is 5.90. The predicted molar refractivity (Wildman–Crippen MR) is 80.4 cm³/mol. The van der Waals surface area contributed by atoms with Crippen molar-refractivity contribution in [2.45, 2.75) is 29.6 Å². The average Bonchev–Trinajstić information content (AvgIpc) is 3.08. The lowest BCUT2D eigenvalue weighted by atomic mass is 9.69. The first-order valence-corrected chi connectivity index (χ1v) is 8.61. The van der Waals surface area contributed by atoms with E-state index in [0.717, 1.165) is 0 Å². The van der Waals surface area contributed by atoms with E-state index in [2.05, 4.69) is 0 Å². The van der Waals surface area contributed by atoms with Gasteiger partial charge in [-0.1, -0.05) is 0 Å². The fourth-order valence-electron chi connectivity index (χ4n) is 3.84. The maximum atomic E-state index is 15.0. The maximum Gasteiger partial charge on any atom is 0.458 e. The summed E-state index contributed by atoms with van der Waals surface area (Å²) >= 11 is 0. The summed E-state index contributed by atoms with van der Waals surface area (Å²) in [6.07, 6.45) is -14.9. The van der Waals surface area contributed by atoms with Gasteiger partial charge in [0, 0.05) is 22.3 Å². The number of fused-ring (bicyclic) bond motifs is 3. The predicted octanol–water partition coefficient (Wildman–Crippen LogP) is 7.53. The molecule has 1 nitrogen and oxygen atoms in total. The zero-order valence-corrected chi connectivity index (χ0v) is 16.2. The first-order chi connectivity index (χ1) is 16.4. The van der Waals surface area contributed by atoms with Crippen molar-refractivity contribution in [3.63, 3.8) is 0 Å². The van der Waals surface area contributed by atoms with E-state index < -0.39 is 104 Å². The summed E-state index contributed by atoms with van der Waals surface area (Å²) in [4.78, 5) is 11.4. The van der Waals surface area contributed by atoms with Crippen molar-refractivity contribution in [1.82, 2.24) is 0 Å². The second-order valence-corrected chi connectivity index (χ2v) is 7.24. The zero-order chi connectivity index (χ0) is 29.0. The van der Waals surface area contributed by atoms with E-state index in [-0.39, 0.29) is 0 Å². The van der Waals surface area contributed by atoms with E-state index in [1.165, 1.54) is 0 Å². The van der Waals surface area contributed by atoms with Crippen LogP contribution < -0.4 is 0 Å². The third kappa shape index (κ3) is 3.14. The van der Waals surface area contributed by atoms with Crippen LogP contribution in [0.15, 0.2) is 28.9 Å². The monoisotopic (exact) mass is 574 g/mol. The summed E-state index contributed by atoms with van der Waals surface area (Å²) in [5.74, 6) is -48.6. The zero-order valence-electron chi connectivity index (χ0n) is 16.2. The van der Waals surface area contributed by atoms with E-state index in [4.69, 9.17) is 0 Å². The van der Waals surface area contributed by atoms with Gasteiger partial charge in [-0.2, -0.15) is 52.7 Å². The Morgan fingerprint density at radius 2 is 1.00 bits per heavy atom. The standard InChI is InChI=1S/C18F18O/c19-5-1-2(15(27,28)17(31,32)33)4-7(21)10(24)12(37)11(25)13(26)14(4,16(29,30)18(34,35)36)3(1)6(20)9(23)8(5)22. The minimum Gasteiger partial charge on any atom is -0.283 e. The molecule has 0 spiro atoms. The highest BCUT2D eigenvalue weighted by molar-refractivity contribution is 6.09. The molecule has 3 rings (SSSR count).